The number of carbonyl (C=O) groups is 1. The van der Waals surface area contributed by atoms with Crippen LogP contribution in [0.25, 0.3) is 33.5 Å². The van der Waals surface area contributed by atoms with Crippen LogP contribution in [0.4, 0.5) is 10.2 Å². The number of aromatic amines is 1. The van der Waals surface area contributed by atoms with Crippen molar-refractivity contribution in [3.05, 3.63) is 42.6 Å². The number of aliphatic carboxylic acids is 1. The summed E-state index contributed by atoms with van der Waals surface area (Å²) in [6, 6.07) is 4.88. The first-order chi connectivity index (χ1) is 15.6. The molecule has 9 heteroatoms. The number of hydrogen-bond donors (Lipinski definition) is 3. The van der Waals surface area contributed by atoms with Gasteiger partial charge in [-0.25, -0.2) is 24.3 Å². The Morgan fingerprint density at radius 1 is 1.12 bits per heavy atom. The molecular weight excluding hydrogens is 411 g/mol. The fourth-order valence-corrected chi connectivity index (χ4v) is 5.53. The molecule has 8 nitrogen and oxygen atoms in total. The molecular formula is C23H21FN6O2. The number of pyridine rings is 2. The lowest BCUT2D eigenvalue weighted by Gasteiger charge is -2.47. The maximum Gasteiger partial charge on any atom is 0.308 e. The highest BCUT2D eigenvalue weighted by atomic mass is 19.1. The number of fused-ring (bicyclic) bond motifs is 5. The van der Waals surface area contributed by atoms with E-state index in [1.165, 1.54) is 6.07 Å². The Bertz CT molecular complexity index is 1350. The Morgan fingerprint density at radius 2 is 1.94 bits per heavy atom. The highest BCUT2D eigenvalue weighted by Crippen LogP contribution is 2.46. The summed E-state index contributed by atoms with van der Waals surface area (Å²) >= 11 is 0. The summed E-state index contributed by atoms with van der Waals surface area (Å²) in [6.45, 7) is 0. The van der Waals surface area contributed by atoms with Gasteiger partial charge >= 0.3 is 5.97 Å². The lowest BCUT2D eigenvalue weighted by Crippen LogP contribution is -2.51. The Labute approximate surface area is 182 Å². The molecule has 0 saturated heterocycles. The Morgan fingerprint density at radius 3 is 2.75 bits per heavy atom. The zero-order chi connectivity index (χ0) is 21.8. The van der Waals surface area contributed by atoms with Crippen molar-refractivity contribution in [1.82, 2.24) is 24.9 Å². The third kappa shape index (κ3) is 2.99. The third-order valence-electron chi connectivity index (χ3n) is 7.02. The van der Waals surface area contributed by atoms with Crippen LogP contribution in [0, 0.1) is 23.6 Å². The first kappa shape index (κ1) is 19.1. The number of hydrogen-bond acceptors (Lipinski definition) is 6. The standard InChI is InChI=1S/C23H21FN6O2/c24-13-8-15-16(10-27-19(15)26-9-13)22-29-20-14(2-1-7-25-20)21(30-22)28-18-12-5-3-11(4-6-12)17(18)23(31)32/h1-2,7-12,17-18H,3-6H2,(H,26,27)(H,31,32)(H,25,28,29,30). The smallest absolute Gasteiger partial charge is 0.308 e. The highest BCUT2D eigenvalue weighted by Gasteiger charge is 2.47. The summed E-state index contributed by atoms with van der Waals surface area (Å²) in [5.74, 6) is -0.240. The predicted molar refractivity (Wildman–Crippen MR) is 116 cm³/mol. The number of nitrogens with one attached hydrogen (secondary N) is 2. The lowest BCUT2D eigenvalue weighted by molar-refractivity contribution is -0.148. The van der Waals surface area contributed by atoms with Crippen molar-refractivity contribution < 1.29 is 14.3 Å². The highest BCUT2D eigenvalue weighted by molar-refractivity contribution is 5.94. The van der Waals surface area contributed by atoms with Gasteiger partial charge < -0.3 is 15.4 Å². The molecule has 162 valence electrons. The molecule has 7 rings (SSSR count). The fraction of sp³-hybridized carbons (Fsp3) is 0.348. The van der Waals surface area contributed by atoms with Gasteiger partial charge in [-0.3, -0.25) is 4.79 Å². The summed E-state index contributed by atoms with van der Waals surface area (Å²) in [5, 5.41) is 14.7. The molecule has 0 amide bonds. The molecule has 0 radical (unpaired) electrons. The van der Waals surface area contributed by atoms with Gasteiger partial charge in [0.1, 0.15) is 17.3 Å². The summed E-state index contributed by atoms with van der Waals surface area (Å²) in [6.07, 6.45) is 8.48. The van der Waals surface area contributed by atoms with Crippen molar-refractivity contribution in [1.29, 1.82) is 0 Å². The van der Waals surface area contributed by atoms with Crippen LogP contribution in [-0.4, -0.2) is 42.0 Å². The second-order valence-corrected chi connectivity index (χ2v) is 8.73. The fourth-order valence-electron chi connectivity index (χ4n) is 5.53. The number of rotatable bonds is 4. The van der Waals surface area contributed by atoms with E-state index in [1.54, 1.807) is 12.4 Å². The van der Waals surface area contributed by atoms with E-state index in [9.17, 15) is 14.3 Å². The van der Waals surface area contributed by atoms with Gasteiger partial charge in [0.2, 0.25) is 0 Å². The third-order valence-corrected chi connectivity index (χ3v) is 7.02. The van der Waals surface area contributed by atoms with Crippen molar-refractivity contribution >= 4 is 33.9 Å². The number of aromatic nitrogens is 5. The molecule has 2 unspecified atom stereocenters. The zero-order valence-corrected chi connectivity index (χ0v) is 17.1. The van der Waals surface area contributed by atoms with E-state index in [0.717, 1.165) is 37.3 Å². The molecule has 3 saturated carbocycles. The second kappa shape index (κ2) is 7.22. The molecule has 4 aromatic rings. The van der Waals surface area contributed by atoms with Crippen LogP contribution in [0.15, 0.2) is 36.8 Å². The normalized spacial score (nSPS) is 24.8. The minimum atomic E-state index is -0.758. The molecule has 4 aromatic heterocycles. The van der Waals surface area contributed by atoms with E-state index in [2.05, 4.69) is 25.3 Å². The molecule has 3 fully saturated rings. The maximum atomic E-state index is 13.9. The average Bonchev–Trinajstić information content (AvgIpc) is 3.22. The van der Waals surface area contributed by atoms with Gasteiger partial charge in [0.05, 0.1) is 17.5 Å². The van der Waals surface area contributed by atoms with E-state index in [1.807, 2.05) is 12.1 Å². The molecule has 3 aliphatic carbocycles. The van der Waals surface area contributed by atoms with Crippen molar-refractivity contribution in [2.75, 3.05) is 5.32 Å². The van der Waals surface area contributed by atoms with Gasteiger partial charge in [-0.05, 0) is 55.7 Å². The van der Waals surface area contributed by atoms with Crippen LogP contribution >= 0.6 is 0 Å². The number of carboxylic acid groups (broad SMARTS) is 1. The monoisotopic (exact) mass is 432 g/mol. The number of anilines is 1. The van der Waals surface area contributed by atoms with Crippen LogP contribution < -0.4 is 5.32 Å². The van der Waals surface area contributed by atoms with Gasteiger partial charge in [-0.15, -0.1) is 0 Å². The summed E-state index contributed by atoms with van der Waals surface area (Å²) in [4.78, 5) is 33.0. The SMILES string of the molecule is O=C(O)C1C2CCC(CC2)C1Nc1nc(-c2c[nH]c3ncc(F)cc23)nc2ncccc12. The minimum absolute atomic E-state index is 0.184. The quantitative estimate of drug-likeness (QED) is 0.446. The van der Waals surface area contributed by atoms with Crippen LogP contribution in [-0.2, 0) is 4.79 Å². The summed E-state index contributed by atoms with van der Waals surface area (Å²) < 4.78 is 13.9. The first-order valence-corrected chi connectivity index (χ1v) is 10.8. The average molecular weight is 432 g/mol. The molecule has 0 aliphatic heterocycles. The van der Waals surface area contributed by atoms with Gasteiger partial charge in [0, 0.05) is 29.4 Å². The molecule has 2 bridgehead atoms. The predicted octanol–water partition coefficient (Wildman–Crippen LogP) is 4.01. The van der Waals surface area contributed by atoms with Crippen molar-refractivity contribution in [3.8, 4) is 11.4 Å². The van der Waals surface area contributed by atoms with Gasteiger partial charge in [0.15, 0.2) is 11.5 Å². The zero-order valence-electron chi connectivity index (χ0n) is 17.1. The Balaban J connectivity index is 1.48. The van der Waals surface area contributed by atoms with Crippen molar-refractivity contribution in [2.45, 2.75) is 31.7 Å². The summed E-state index contributed by atoms with van der Waals surface area (Å²) in [5.41, 5.74) is 1.64. The van der Waals surface area contributed by atoms with E-state index in [-0.39, 0.29) is 17.9 Å². The van der Waals surface area contributed by atoms with Gasteiger partial charge in [-0.1, -0.05) is 0 Å². The minimum Gasteiger partial charge on any atom is -0.481 e. The Kier molecular flexibility index (Phi) is 4.31. The van der Waals surface area contributed by atoms with E-state index < -0.39 is 17.7 Å². The summed E-state index contributed by atoms with van der Waals surface area (Å²) in [7, 11) is 0. The lowest BCUT2D eigenvalue weighted by atomic mass is 9.61. The van der Waals surface area contributed by atoms with Gasteiger partial charge in [-0.2, -0.15) is 0 Å². The van der Waals surface area contributed by atoms with Crippen LogP contribution in [0.3, 0.4) is 0 Å². The molecule has 4 heterocycles. The topological polar surface area (TPSA) is 117 Å². The maximum absolute atomic E-state index is 13.9. The van der Waals surface area contributed by atoms with Crippen LogP contribution in [0.5, 0.6) is 0 Å². The molecule has 3 N–H and O–H groups in total. The largest absolute Gasteiger partial charge is 0.481 e. The first-order valence-electron chi connectivity index (χ1n) is 10.8. The van der Waals surface area contributed by atoms with Crippen molar-refractivity contribution in [3.63, 3.8) is 0 Å². The molecule has 2 atom stereocenters. The van der Waals surface area contributed by atoms with Crippen LogP contribution in [0.1, 0.15) is 25.7 Å². The molecule has 32 heavy (non-hydrogen) atoms. The van der Waals surface area contributed by atoms with E-state index in [0.29, 0.717) is 33.9 Å². The van der Waals surface area contributed by atoms with E-state index >= 15 is 0 Å². The number of halogens is 1. The van der Waals surface area contributed by atoms with E-state index in [4.69, 9.17) is 4.98 Å². The molecule has 0 spiro atoms. The molecule has 0 aromatic carbocycles. The number of carboxylic acids is 1. The second-order valence-electron chi connectivity index (χ2n) is 8.73. The van der Waals surface area contributed by atoms with Crippen molar-refractivity contribution in [2.24, 2.45) is 17.8 Å². The Hall–Kier alpha value is -3.62. The number of nitrogens with zero attached hydrogens (tertiary/aromatic N) is 4. The molecule has 3 aliphatic rings. The van der Waals surface area contributed by atoms with Gasteiger partial charge in [0.25, 0.3) is 0 Å². The number of H-pyrrole nitrogens is 1. The van der Waals surface area contributed by atoms with Crippen LogP contribution in [0.2, 0.25) is 0 Å².